The molecule has 2 heterocycles. The first-order chi connectivity index (χ1) is 11.1. The van der Waals surface area contributed by atoms with E-state index in [1.165, 1.54) is 16.7 Å². The molecule has 5 N–H and O–H groups in total. The van der Waals surface area contributed by atoms with Crippen LogP contribution in [0.4, 0.5) is 0 Å². The van der Waals surface area contributed by atoms with Gasteiger partial charge in [0.2, 0.25) is 0 Å². The second kappa shape index (κ2) is 6.44. The molecule has 6 nitrogen and oxygen atoms in total. The van der Waals surface area contributed by atoms with Gasteiger partial charge in [-0.3, -0.25) is 10.5 Å². The van der Waals surface area contributed by atoms with Crippen molar-refractivity contribution in [2.45, 2.75) is 19.4 Å². The molecule has 23 heavy (non-hydrogen) atoms. The highest BCUT2D eigenvalue weighted by molar-refractivity contribution is 5.74. The van der Waals surface area contributed by atoms with Crippen LogP contribution in [0.25, 0.3) is 16.8 Å². The first kappa shape index (κ1) is 15.6. The minimum Gasteiger partial charge on any atom is -0.383 e. The Kier molecular flexibility index (Phi) is 4.36. The van der Waals surface area contributed by atoms with E-state index in [1.807, 2.05) is 38.1 Å². The number of hydrogen-bond donors (Lipinski definition) is 4. The summed E-state index contributed by atoms with van der Waals surface area (Å²) in [7, 11) is 3.94. The average Bonchev–Trinajstić information content (AvgIpc) is 2.92. The molecule has 0 radical (unpaired) electrons. The number of nitrogens with one attached hydrogen (secondary N) is 3. The molecule has 0 aliphatic carbocycles. The summed E-state index contributed by atoms with van der Waals surface area (Å²) in [6.45, 7) is 2.89. The van der Waals surface area contributed by atoms with Crippen LogP contribution in [0.3, 0.4) is 0 Å². The molecule has 0 bridgehead atoms. The van der Waals surface area contributed by atoms with Crippen molar-refractivity contribution in [1.29, 1.82) is 0 Å². The first-order valence-corrected chi connectivity index (χ1v) is 7.86. The van der Waals surface area contributed by atoms with Crippen LogP contribution >= 0.6 is 0 Å². The van der Waals surface area contributed by atoms with Crippen LogP contribution in [0.2, 0.25) is 0 Å². The van der Waals surface area contributed by atoms with Crippen LogP contribution in [0.5, 0.6) is 0 Å². The molecule has 3 rings (SSSR count). The number of benzene rings is 1. The van der Waals surface area contributed by atoms with Crippen LogP contribution in [-0.2, 0) is 7.05 Å². The zero-order valence-electron chi connectivity index (χ0n) is 13.9. The number of nitrogens with two attached hydrogens (primary N) is 1. The fourth-order valence-corrected chi connectivity index (χ4v) is 3.13. The van der Waals surface area contributed by atoms with Gasteiger partial charge in [0.05, 0.1) is 11.9 Å². The Bertz CT molecular complexity index is 730. The van der Waals surface area contributed by atoms with E-state index in [0.717, 1.165) is 29.9 Å². The van der Waals surface area contributed by atoms with Gasteiger partial charge in [-0.1, -0.05) is 12.1 Å². The van der Waals surface area contributed by atoms with Crippen molar-refractivity contribution in [3.8, 4) is 11.1 Å². The molecule has 1 atom stereocenters. The lowest BCUT2D eigenvalue weighted by Gasteiger charge is -2.18. The van der Waals surface area contributed by atoms with Gasteiger partial charge in [0.25, 0.3) is 0 Å². The maximum absolute atomic E-state index is 5.63. The molecule has 0 spiro atoms. The third kappa shape index (κ3) is 2.95. The molecule has 122 valence electrons. The molecule has 1 aliphatic heterocycles. The fourth-order valence-electron chi connectivity index (χ4n) is 3.13. The van der Waals surface area contributed by atoms with Gasteiger partial charge < -0.3 is 16.1 Å². The summed E-state index contributed by atoms with van der Waals surface area (Å²) in [6, 6.07) is 6.86. The van der Waals surface area contributed by atoms with E-state index in [9.17, 15) is 0 Å². The molecule has 0 amide bonds. The number of allylic oxidation sites excluding steroid dienone is 1. The molecule has 1 aliphatic rings. The second-order valence-corrected chi connectivity index (χ2v) is 5.91. The van der Waals surface area contributed by atoms with Gasteiger partial charge in [0.1, 0.15) is 0 Å². The van der Waals surface area contributed by atoms with E-state index in [1.54, 1.807) is 0 Å². The third-order valence-corrected chi connectivity index (χ3v) is 4.41. The average molecular weight is 312 g/mol. The van der Waals surface area contributed by atoms with Gasteiger partial charge in [-0.15, -0.1) is 0 Å². The number of hydrogen-bond acceptors (Lipinski definition) is 5. The minimum atomic E-state index is 0.303. The largest absolute Gasteiger partial charge is 0.383 e. The van der Waals surface area contributed by atoms with Crippen molar-refractivity contribution < 1.29 is 0 Å². The molecular formula is C17H24N6. The Morgan fingerprint density at radius 1 is 1.39 bits per heavy atom. The summed E-state index contributed by atoms with van der Waals surface area (Å²) in [5.41, 5.74) is 9.55. The predicted molar refractivity (Wildman–Crippen MR) is 93.0 cm³/mol. The topological polar surface area (TPSA) is 79.9 Å². The highest BCUT2D eigenvalue weighted by atomic mass is 15.2. The van der Waals surface area contributed by atoms with Gasteiger partial charge in [-0.2, -0.15) is 5.10 Å². The summed E-state index contributed by atoms with van der Waals surface area (Å²) < 4.78 is 1.83. The number of fused-ring (bicyclic) bond motifs is 1. The van der Waals surface area contributed by atoms with E-state index in [4.69, 9.17) is 5.84 Å². The molecule has 2 aromatic rings. The van der Waals surface area contributed by atoms with Gasteiger partial charge >= 0.3 is 0 Å². The smallest absolute Gasteiger partial charge is 0.0620 e. The lowest BCUT2D eigenvalue weighted by Crippen LogP contribution is -2.25. The van der Waals surface area contributed by atoms with Gasteiger partial charge in [-0.05, 0) is 37.6 Å². The number of rotatable bonds is 3. The van der Waals surface area contributed by atoms with Crippen LogP contribution < -0.4 is 21.9 Å². The highest BCUT2D eigenvalue weighted by Gasteiger charge is 2.22. The van der Waals surface area contributed by atoms with Crippen LogP contribution in [0.15, 0.2) is 36.3 Å². The molecule has 6 heteroatoms. The SMILES string of the molecule is CNC1CCN/C(=C(/C)NN)c2ccc(-c3cnn(C)c3)cc21. The van der Waals surface area contributed by atoms with E-state index in [0.29, 0.717) is 6.04 Å². The highest BCUT2D eigenvalue weighted by Crippen LogP contribution is 2.33. The first-order valence-electron chi connectivity index (χ1n) is 7.86. The zero-order valence-corrected chi connectivity index (χ0v) is 13.9. The Labute approximate surface area is 136 Å². The van der Waals surface area contributed by atoms with Crippen molar-refractivity contribution in [1.82, 2.24) is 25.8 Å². The zero-order chi connectivity index (χ0) is 16.4. The Balaban J connectivity index is 2.14. The number of hydrazine groups is 1. The van der Waals surface area contributed by atoms with E-state index in [2.05, 4.69) is 39.4 Å². The Hall–Kier alpha value is -2.31. The summed E-state index contributed by atoms with van der Waals surface area (Å²) in [5, 5.41) is 11.2. The molecule has 0 fully saturated rings. The van der Waals surface area contributed by atoms with E-state index >= 15 is 0 Å². The van der Waals surface area contributed by atoms with Crippen LogP contribution in [-0.4, -0.2) is 23.4 Å². The lowest BCUT2D eigenvalue weighted by molar-refractivity contribution is 0.550. The predicted octanol–water partition coefficient (Wildman–Crippen LogP) is 1.49. The quantitative estimate of drug-likeness (QED) is 0.510. The Morgan fingerprint density at radius 2 is 2.22 bits per heavy atom. The van der Waals surface area contributed by atoms with Crippen molar-refractivity contribution in [3.63, 3.8) is 0 Å². The second-order valence-electron chi connectivity index (χ2n) is 5.91. The molecule has 1 aromatic heterocycles. The van der Waals surface area contributed by atoms with Gasteiger partial charge in [-0.25, -0.2) is 0 Å². The summed E-state index contributed by atoms with van der Waals surface area (Å²) in [4.78, 5) is 0. The van der Waals surface area contributed by atoms with Crippen molar-refractivity contribution >= 4 is 5.70 Å². The molecule has 0 saturated carbocycles. The van der Waals surface area contributed by atoms with E-state index < -0.39 is 0 Å². The maximum Gasteiger partial charge on any atom is 0.0620 e. The van der Waals surface area contributed by atoms with Gasteiger partial charge in [0, 0.05) is 42.7 Å². The third-order valence-electron chi connectivity index (χ3n) is 4.41. The van der Waals surface area contributed by atoms with Crippen molar-refractivity contribution in [2.75, 3.05) is 13.6 Å². The molecule has 1 aromatic carbocycles. The molecule has 0 saturated heterocycles. The van der Waals surface area contributed by atoms with E-state index in [-0.39, 0.29) is 0 Å². The molecular weight excluding hydrogens is 288 g/mol. The normalized spacial score (nSPS) is 19.6. The molecule has 1 unspecified atom stereocenters. The van der Waals surface area contributed by atoms with Crippen LogP contribution in [0.1, 0.15) is 30.5 Å². The summed E-state index contributed by atoms with van der Waals surface area (Å²) >= 11 is 0. The number of nitrogens with zero attached hydrogens (tertiary/aromatic N) is 2. The fraction of sp³-hybridized carbons (Fsp3) is 0.353. The van der Waals surface area contributed by atoms with Gasteiger partial charge in [0.15, 0.2) is 0 Å². The monoisotopic (exact) mass is 312 g/mol. The Morgan fingerprint density at radius 3 is 2.87 bits per heavy atom. The standard InChI is InChI=1S/C17H24N6/c1-11(22-18)17-14-5-4-12(13-9-21-23(3)10-13)8-15(14)16(19-2)6-7-20-17/h4-5,8-10,16,19-20,22H,6-7,18H2,1-3H3/b17-11-. The lowest BCUT2D eigenvalue weighted by atomic mass is 9.93. The van der Waals surface area contributed by atoms with Crippen molar-refractivity contribution in [3.05, 3.63) is 47.4 Å². The maximum atomic E-state index is 5.63. The van der Waals surface area contributed by atoms with Crippen LogP contribution in [0, 0.1) is 0 Å². The number of aromatic nitrogens is 2. The summed E-state index contributed by atoms with van der Waals surface area (Å²) in [6.07, 6.45) is 4.95. The number of aryl methyl sites for hydroxylation is 1. The van der Waals surface area contributed by atoms with Crippen molar-refractivity contribution in [2.24, 2.45) is 12.9 Å². The summed E-state index contributed by atoms with van der Waals surface area (Å²) in [5.74, 6) is 5.63. The minimum absolute atomic E-state index is 0.303.